The summed E-state index contributed by atoms with van der Waals surface area (Å²) in [5.41, 5.74) is 2.66. The molecule has 15 heavy (non-hydrogen) atoms. The maximum Gasteiger partial charge on any atom is 0.153 e. The van der Waals surface area contributed by atoms with E-state index < -0.39 is 8.24 Å². The zero-order chi connectivity index (χ0) is 11.5. The predicted octanol–water partition coefficient (Wildman–Crippen LogP) is 4.25. The molecular weight excluding hydrogens is 198 g/mol. The fourth-order valence-corrected chi connectivity index (χ4v) is 3.94. The van der Waals surface area contributed by atoms with Crippen molar-refractivity contribution in [2.75, 3.05) is 4.57 Å². The average Bonchev–Trinajstić information content (AvgIpc) is 2.17. The normalized spacial score (nSPS) is 12.7. The van der Waals surface area contributed by atoms with Gasteiger partial charge in [0.25, 0.3) is 0 Å². The van der Waals surface area contributed by atoms with Crippen molar-refractivity contribution in [3.63, 3.8) is 0 Å². The first-order chi connectivity index (χ1) is 6.96. The predicted molar refractivity (Wildman–Crippen MR) is 71.7 cm³/mol. The van der Waals surface area contributed by atoms with Crippen LogP contribution in [0.25, 0.3) is 0 Å². The van der Waals surface area contributed by atoms with Crippen LogP contribution < -0.4 is 4.57 Å². The summed E-state index contributed by atoms with van der Waals surface area (Å²) in [4.78, 5) is 0. The molecule has 1 aromatic rings. The minimum Gasteiger partial charge on any atom is -0.373 e. The van der Waals surface area contributed by atoms with Gasteiger partial charge >= 0.3 is 0 Å². The van der Waals surface area contributed by atoms with E-state index in [1.807, 2.05) is 0 Å². The van der Waals surface area contributed by atoms with E-state index in [1.54, 1.807) is 0 Å². The van der Waals surface area contributed by atoms with E-state index in [0.29, 0.717) is 0 Å². The van der Waals surface area contributed by atoms with Gasteiger partial charge < -0.3 is 4.57 Å². The smallest absolute Gasteiger partial charge is 0.153 e. The summed E-state index contributed by atoms with van der Waals surface area (Å²) in [5.74, 6) is 0. The summed E-state index contributed by atoms with van der Waals surface area (Å²) in [6.07, 6.45) is 2.19. The molecule has 0 aliphatic rings. The zero-order valence-corrected chi connectivity index (χ0v) is 11.4. The van der Waals surface area contributed by atoms with Crippen LogP contribution in [-0.2, 0) is 0 Å². The Morgan fingerprint density at radius 1 is 1.13 bits per heavy atom. The molecule has 0 radical (unpaired) electrons. The molecule has 2 heteroatoms. The summed E-state index contributed by atoms with van der Waals surface area (Å²) >= 11 is 0. The van der Waals surface area contributed by atoms with E-state index in [-0.39, 0.29) is 0 Å². The van der Waals surface area contributed by atoms with Crippen molar-refractivity contribution in [3.8, 4) is 0 Å². The summed E-state index contributed by atoms with van der Waals surface area (Å²) in [5, 5.41) is 0. The Balaban J connectivity index is 3.14. The highest BCUT2D eigenvalue weighted by atomic mass is 28.3. The molecule has 0 aromatic heterocycles. The second kappa shape index (κ2) is 4.66. The van der Waals surface area contributed by atoms with E-state index >= 15 is 0 Å². The molecule has 0 spiro atoms. The van der Waals surface area contributed by atoms with Gasteiger partial charge in [-0.3, -0.25) is 0 Å². The van der Waals surface area contributed by atoms with Crippen LogP contribution in [0, 0.1) is 0 Å². The first-order valence-electron chi connectivity index (χ1n) is 5.45. The number of benzene rings is 1. The van der Waals surface area contributed by atoms with E-state index in [2.05, 4.69) is 74.5 Å². The lowest BCUT2D eigenvalue weighted by atomic mass is 10.3. The van der Waals surface area contributed by atoms with Crippen molar-refractivity contribution >= 4 is 13.9 Å². The molecule has 1 nitrogen and oxygen atoms in total. The van der Waals surface area contributed by atoms with Crippen molar-refractivity contribution in [1.29, 1.82) is 0 Å². The van der Waals surface area contributed by atoms with Crippen LogP contribution in [0.2, 0.25) is 19.6 Å². The summed E-state index contributed by atoms with van der Waals surface area (Å²) < 4.78 is 2.49. The van der Waals surface area contributed by atoms with Gasteiger partial charge in [-0.15, -0.1) is 0 Å². The van der Waals surface area contributed by atoms with Crippen molar-refractivity contribution < 1.29 is 0 Å². The molecule has 0 amide bonds. The van der Waals surface area contributed by atoms with E-state index in [1.165, 1.54) is 11.4 Å². The van der Waals surface area contributed by atoms with Gasteiger partial charge in [-0.2, -0.15) is 0 Å². The second-order valence-corrected chi connectivity index (χ2v) is 9.56. The highest BCUT2D eigenvalue weighted by Gasteiger charge is 2.24. The third-order valence-electron chi connectivity index (χ3n) is 2.46. The van der Waals surface area contributed by atoms with Gasteiger partial charge in [-0.05, 0) is 26.0 Å². The lowest BCUT2D eigenvalue weighted by Gasteiger charge is -2.37. The third-order valence-corrected chi connectivity index (χ3v) is 4.41. The van der Waals surface area contributed by atoms with Gasteiger partial charge in [0, 0.05) is 11.4 Å². The molecule has 0 saturated heterocycles. The number of rotatable bonds is 3. The topological polar surface area (TPSA) is 3.24 Å². The molecule has 82 valence electrons. The second-order valence-electron chi connectivity index (χ2n) is 4.77. The van der Waals surface area contributed by atoms with Crippen molar-refractivity contribution in [2.24, 2.45) is 0 Å². The standard InChI is InChI=1S/C13H21NSi/c1-6-12(2)14(15(3,4)5)13-10-8-7-9-11-13/h6-11H,1-5H3/b12-6-. The summed E-state index contributed by atoms with van der Waals surface area (Å²) in [6, 6.07) is 10.6. The number of hydrogen-bond acceptors (Lipinski definition) is 1. The van der Waals surface area contributed by atoms with Crippen molar-refractivity contribution in [3.05, 3.63) is 42.1 Å². The molecule has 0 unspecified atom stereocenters. The van der Waals surface area contributed by atoms with Crippen LogP contribution in [0.15, 0.2) is 42.1 Å². The molecule has 0 atom stereocenters. The Hall–Kier alpha value is -1.02. The lowest BCUT2D eigenvalue weighted by Crippen LogP contribution is -2.44. The number of hydrogen-bond donors (Lipinski definition) is 0. The van der Waals surface area contributed by atoms with Crippen LogP contribution >= 0.6 is 0 Å². The van der Waals surface area contributed by atoms with Crippen molar-refractivity contribution in [1.82, 2.24) is 0 Å². The quantitative estimate of drug-likeness (QED) is 0.687. The molecule has 0 N–H and O–H groups in total. The molecule has 0 aliphatic heterocycles. The minimum absolute atomic E-state index is 1.31. The monoisotopic (exact) mass is 219 g/mol. The lowest BCUT2D eigenvalue weighted by molar-refractivity contribution is 1.18. The molecule has 0 aliphatic carbocycles. The van der Waals surface area contributed by atoms with Gasteiger partial charge in [0.05, 0.1) is 0 Å². The number of allylic oxidation sites excluding steroid dienone is 2. The van der Waals surface area contributed by atoms with E-state index in [0.717, 1.165) is 0 Å². The molecule has 1 rings (SSSR count). The van der Waals surface area contributed by atoms with Gasteiger partial charge in [0.15, 0.2) is 8.24 Å². The molecule has 0 fully saturated rings. The molecular formula is C13H21NSi. The van der Waals surface area contributed by atoms with Crippen LogP contribution in [0.1, 0.15) is 13.8 Å². The fraction of sp³-hybridized carbons (Fsp3) is 0.385. The number of nitrogens with zero attached hydrogens (tertiary/aromatic N) is 1. The Morgan fingerprint density at radius 3 is 2.07 bits per heavy atom. The Kier molecular flexibility index (Phi) is 3.75. The number of anilines is 1. The molecule has 0 heterocycles. The fourth-order valence-electron chi connectivity index (χ4n) is 1.83. The van der Waals surface area contributed by atoms with Gasteiger partial charge in [0.1, 0.15) is 0 Å². The highest BCUT2D eigenvalue weighted by Crippen LogP contribution is 2.25. The molecule has 1 aromatic carbocycles. The van der Waals surface area contributed by atoms with Gasteiger partial charge in [-0.1, -0.05) is 43.9 Å². The first-order valence-corrected chi connectivity index (χ1v) is 8.89. The van der Waals surface area contributed by atoms with E-state index in [9.17, 15) is 0 Å². The van der Waals surface area contributed by atoms with Crippen LogP contribution in [0.4, 0.5) is 5.69 Å². The average molecular weight is 219 g/mol. The maximum atomic E-state index is 2.49. The van der Waals surface area contributed by atoms with Crippen molar-refractivity contribution in [2.45, 2.75) is 33.5 Å². The Morgan fingerprint density at radius 2 is 1.67 bits per heavy atom. The first kappa shape index (κ1) is 12.0. The van der Waals surface area contributed by atoms with E-state index in [4.69, 9.17) is 0 Å². The molecule has 0 bridgehead atoms. The Bertz CT molecular complexity index is 335. The van der Waals surface area contributed by atoms with Gasteiger partial charge in [-0.25, -0.2) is 0 Å². The highest BCUT2D eigenvalue weighted by molar-refractivity contribution is 6.80. The summed E-state index contributed by atoms with van der Waals surface area (Å²) in [7, 11) is -1.35. The zero-order valence-electron chi connectivity index (χ0n) is 10.4. The summed E-state index contributed by atoms with van der Waals surface area (Å²) in [6.45, 7) is 11.4. The molecule has 0 saturated carbocycles. The van der Waals surface area contributed by atoms with Gasteiger partial charge in [0.2, 0.25) is 0 Å². The Labute approximate surface area is 94.5 Å². The van der Waals surface area contributed by atoms with Crippen LogP contribution in [-0.4, -0.2) is 8.24 Å². The third kappa shape index (κ3) is 2.96. The minimum atomic E-state index is -1.35. The SMILES string of the molecule is C/C=C(/C)N(c1ccccc1)[Si](C)(C)C. The van der Waals surface area contributed by atoms with Crippen LogP contribution in [0.5, 0.6) is 0 Å². The largest absolute Gasteiger partial charge is 0.373 e. The van der Waals surface area contributed by atoms with Crippen LogP contribution in [0.3, 0.4) is 0 Å². The number of para-hydroxylation sites is 1. The maximum absolute atomic E-state index is 2.49.